The quantitative estimate of drug-likeness (QED) is 0.528. The fourth-order valence-corrected chi connectivity index (χ4v) is 2.82. The van der Waals surface area contributed by atoms with Gasteiger partial charge in [0.2, 0.25) is 11.1 Å². The van der Waals surface area contributed by atoms with Gasteiger partial charge in [0.05, 0.1) is 10.8 Å². The standard InChI is InChI=1S/C15H15FN6O2S/c1-8-7-12(21-24-8)18-14(23)9(2)25-15-20-19-13(22(15)17)10-5-3-4-6-11(10)16/h3-7,9H,17H2,1-2H3,(H,18,21,23). The average molecular weight is 362 g/mol. The van der Waals surface area contributed by atoms with E-state index in [4.69, 9.17) is 10.4 Å². The molecule has 0 aliphatic heterocycles. The van der Waals surface area contributed by atoms with Crippen LogP contribution < -0.4 is 11.2 Å². The molecule has 0 fully saturated rings. The summed E-state index contributed by atoms with van der Waals surface area (Å²) in [4.78, 5) is 12.2. The molecule has 1 atom stereocenters. The lowest BCUT2D eigenvalue weighted by atomic mass is 10.2. The van der Waals surface area contributed by atoms with E-state index < -0.39 is 11.1 Å². The molecule has 1 unspecified atom stereocenters. The lowest BCUT2D eigenvalue weighted by Crippen LogP contribution is -2.23. The Morgan fingerprint density at radius 2 is 2.16 bits per heavy atom. The Bertz CT molecular complexity index is 909. The zero-order valence-corrected chi connectivity index (χ0v) is 14.2. The number of nitrogen functional groups attached to an aromatic ring is 1. The first kappa shape index (κ1) is 17.0. The number of benzene rings is 1. The molecule has 0 saturated heterocycles. The van der Waals surface area contributed by atoms with E-state index in [-0.39, 0.29) is 22.5 Å². The average Bonchev–Trinajstić information content (AvgIpc) is 3.14. The molecule has 0 saturated carbocycles. The molecule has 8 nitrogen and oxygen atoms in total. The SMILES string of the molecule is Cc1cc(NC(=O)C(C)Sc2nnc(-c3ccccc3F)n2N)no1. The van der Waals surface area contributed by atoms with Crippen LogP contribution in [0.3, 0.4) is 0 Å². The van der Waals surface area contributed by atoms with Crippen molar-refractivity contribution in [3.63, 3.8) is 0 Å². The largest absolute Gasteiger partial charge is 0.360 e. The number of nitrogens with two attached hydrogens (primary N) is 1. The molecule has 2 heterocycles. The van der Waals surface area contributed by atoms with E-state index in [1.165, 1.54) is 6.07 Å². The number of carbonyl (C=O) groups is 1. The second-order valence-electron chi connectivity index (χ2n) is 5.23. The minimum Gasteiger partial charge on any atom is -0.360 e. The Balaban J connectivity index is 1.73. The third-order valence-electron chi connectivity index (χ3n) is 3.31. The van der Waals surface area contributed by atoms with E-state index in [0.29, 0.717) is 11.6 Å². The van der Waals surface area contributed by atoms with Crippen molar-refractivity contribution in [2.24, 2.45) is 0 Å². The Hall–Kier alpha value is -2.88. The first-order valence-corrected chi connectivity index (χ1v) is 8.20. The molecule has 0 aliphatic carbocycles. The van der Waals surface area contributed by atoms with E-state index in [2.05, 4.69) is 20.7 Å². The van der Waals surface area contributed by atoms with Gasteiger partial charge in [-0.3, -0.25) is 4.79 Å². The molecule has 130 valence electrons. The topological polar surface area (TPSA) is 112 Å². The highest BCUT2D eigenvalue weighted by molar-refractivity contribution is 8.00. The highest BCUT2D eigenvalue weighted by Gasteiger charge is 2.21. The van der Waals surface area contributed by atoms with Crippen molar-refractivity contribution in [3.05, 3.63) is 41.9 Å². The van der Waals surface area contributed by atoms with E-state index in [0.717, 1.165) is 16.4 Å². The van der Waals surface area contributed by atoms with Gasteiger partial charge in [-0.15, -0.1) is 10.2 Å². The second-order valence-corrected chi connectivity index (χ2v) is 6.54. The summed E-state index contributed by atoms with van der Waals surface area (Å²) < 4.78 is 19.9. The number of hydrogen-bond acceptors (Lipinski definition) is 7. The van der Waals surface area contributed by atoms with Crippen LogP contribution in [0.5, 0.6) is 0 Å². The molecule has 2 aromatic heterocycles. The van der Waals surface area contributed by atoms with E-state index >= 15 is 0 Å². The van der Waals surface area contributed by atoms with Crippen LogP contribution in [0.1, 0.15) is 12.7 Å². The zero-order valence-electron chi connectivity index (χ0n) is 13.4. The molecular formula is C15H15FN6O2S. The lowest BCUT2D eigenvalue weighted by molar-refractivity contribution is -0.115. The molecule has 3 aromatic rings. The molecule has 0 spiro atoms. The van der Waals surface area contributed by atoms with Gasteiger partial charge >= 0.3 is 0 Å². The summed E-state index contributed by atoms with van der Waals surface area (Å²) in [5.41, 5.74) is 0.236. The van der Waals surface area contributed by atoms with Gasteiger partial charge in [-0.05, 0) is 26.0 Å². The van der Waals surface area contributed by atoms with Crippen LogP contribution in [0.4, 0.5) is 10.2 Å². The third-order valence-corrected chi connectivity index (χ3v) is 4.37. The highest BCUT2D eigenvalue weighted by Crippen LogP contribution is 2.26. The monoisotopic (exact) mass is 362 g/mol. The summed E-state index contributed by atoms with van der Waals surface area (Å²) >= 11 is 1.10. The van der Waals surface area contributed by atoms with E-state index in [1.807, 2.05) is 0 Å². The van der Waals surface area contributed by atoms with E-state index in [9.17, 15) is 9.18 Å². The number of rotatable bonds is 5. The molecule has 25 heavy (non-hydrogen) atoms. The Kier molecular flexibility index (Phi) is 4.70. The van der Waals surface area contributed by atoms with Crippen molar-refractivity contribution in [2.45, 2.75) is 24.3 Å². The minimum absolute atomic E-state index is 0.181. The van der Waals surface area contributed by atoms with Crippen molar-refractivity contribution in [2.75, 3.05) is 11.2 Å². The van der Waals surface area contributed by atoms with E-state index in [1.54, 1.807) is 38.1 Å². The maximum atomic E-state index is 13.9. The number of aromatic nitrogens is 4. The van der Waals surface area contributed by atoms with Gasteiger partial charge in [-0.2, -0.15) is 0 Å². The number of nitrogens with zero attached hydrogens (tertiary/aromatic N) is 4. The van der Waals surface area contributed by atoms with Gasteiger partial charge in [0.25, 0.3) is 0 Å². The predicted molar refractivity (Wildman–Crippen MR) is 90.8 cm³/mol. The number of anilines is 1. The van der Waals surface area contributed by atoms with Gasteiger partial charge in [0.1, 0.15) is 11.6 Å². The molecule has 0 bridgehead atoms. The summed E-state index contributed by atoms with van der Waals surface area (Å²) in [6.45, 7) is 3.41. The number of hydrogen-bond donors (Lipinski definition) is 2. The third kappa shape index (κ3) is 3.63. The van der Waals surface area contributed by atoms with Crippen LogP contribution in [-0.4, -0.2) is 31.2 Å². The zero-order chi connectivity index (χ0) is 18.0. The molecule has 0 aliphatic rings. The van der Waals surface area contributed by atoms with Crippen LogP contribution in [-0.2, 0) is 4.79 Å². The van der Waals surface area contributed by atoms with Crippen LogP contribution in [0, 0.1) is 12.7 Å². The maximum Gasteiger partial charge on any atom is 0.238 e. The number of nitrogens with one attached hydrogen (secondary N) is 1. The van der Waals surface area contributed by atoms with Crippen molar-refractivity contribution in [3.8, 4) is 11.4 Å². The van der Waals surface area contributed by atoms with Gasteiger partial charge in [-0.25, -0.2) is 9.07 Å². The smallest absolute Gasteiger partial charge is 0.238 e. The Morgan fingerprint density at radius 3 is 2.84 bits per heavy atom. The lowest BCUT2D eigenvalue weighted by Gasteiger charge is -2.10. The van der Waals surface area contributed by atoms with Crippen LogP contribution in [0.2, 0.25) is 0 Å². The second kappa shape index (κ2) is 6.93. The first-order chi connectivity index (χ1) is 12.0. The summed E-state index contributed by atoms with van der Waals surface area (Å²) in [5.74, 6) is 6.30. The number of amides is 1. The molecular weight excluding hydrogens is 347 g/mol. The molecule has 1 amide bonds. The molecule has 1 aromatic carbocycles. The summed E-state index contributed by atoms with van der Waals surface area (Å²) in [6.07, 6.45) is 0. The van der Waals surface area contributed by atoms with Crippen LogP contribution in [0.25, 0.3) is 11.4 Å². The number of halogens is 1. The highest BCUT2D eigenvalue weighted by atomic mass is 32.2. The van der Waals surface area contributed by atoms with Crippen LogP contribution >= 0.6 is 11.8 Å². The predicted octanol–water partition coefficient (Wildman–Crippen LogP) is 2.21. The first-order valence-electron chi connectivity index (χ1n) is 7.32. The summed E-state index contributed by atoms with van der Waals surface area (Å²) in [5, 5.41) is 13.9. The number of thioether (sulfide) groups is 1. The fourth-order valence-electron chi connectivity index (χ4n) is 2.05. The van der Waals surface area contributed by atoms with Crippen LogP contribution in [0.15, 0.2) is 40.0 Å². The minimum atomic E-state index is -0.531. The number of carbonyl (C=O) groups excluding carboxylic acids is 1. The normalized spacial score (nSPS) is 12.1. The Labute approximate surface area is 146 Å². The molecule has 3 N–H and O–H groups in total. The maximum absolute atomic E-state index is 13.9. The molecule has 3 rings (SSSR count). The van der Waals surface area contributed by atoms with Gasteiger partial charge in [-0.1, -0.05) is 29.1 Å². The van der Waals surface area contributed by atoms with Gasteiger partial charge < -0.3 is 15.7 Å². The molecule has 0 radical (unpaired) electrons. The van der Waals surface area contributed by atoms with Crippen molar-refractivity contribution in [1.29, 1.82) is 0 Å². The fraction of sp³-hybridized carbons (Fsp3) is 0.200. The van der Waals surface area contributed by atoms with Gasteiger partial charge in [0.15, 0.2) is 11.6 Å². The van der Waals surface area contributed by atoms with Crippen molar-refractivity contribution >= 4 is 23.5 Å². The Morgan fingerprint density at radius 1 is 1.40 bits per heavy atom. The van der Waals surface area contributed by atoms with Crippen molar-refractivity contribution in [1.82, 2.24) is 20.0 Å². The number of aryl methyl sites for hydroxylation is 1. The van der Waals surface area contributed by atoms with Gasteiger partial charge in [0, 0.05) is 6.07 Å². The van der Waals surface area contributed by atoms with Crippen molar-refractivity contribution < 1.29 is 13.7 Å². The summed E-state index contributed by atoms with van der Waals surface area (Å²) in [7, 11) is 0. The molecule has 10 heteroatoms. The summed E-state index contributed by atoms with van der Waals surface area (Å²) in [6, 6.07) is 7.73.